The highest BCUT2D eigenvalue weighted by Crippen LogP contribution is 2.29. The number of amides is 2. The summed E-state index contributed by atoms with van der Waals surface area (Å²) in [6.07, 6.45) is 8.21. The smallest absolute Gasteiger partial charge is 0.323 e. The topological polar surface area (TPSA) is 79.2 Å². The molecular formula is C15H17ClN4O2. The first-order chi connectivity index (χ1) is 10.6. The van der Waals surface area contributed by atoms with E-state index in [1.54, 1.807) is 12.3 Å². The van der Waals surface area contributed by atoms with E-state index in [9.17, 15) is 9.90 Å². The number of phenolic OH excluding ortho intramolecular Hbond substituents is 1. The van der Waals surface area contributed by atoms with Crippen molar-refractivity contribution in [2.24, 2.45) is 0 Å². The normalized spacial score (nSPS) is 15.0. The van der Waals surface area contributed by atoms with Crippen LogP contribution in [-0.4, -0.2) is 20.9 Å². The molecule has 1 heterocycles. The lowest BCUT2D eigenvalue weighted by atomic mass is 10.3. The van der Waals surface area contributed by atoms with E-state index < -0.39 is 6.03 Å². The molecule has 116 valence electrons. The first kappa shape index (κ1) is 14.7. The molecule has 1 aliphatic rings. The van der Waals surface area contributed by atoms with Gasteiger partial charge in [0.1, 0.15) is 5.75 Å². The fourth-order valence-corrected chi connectivity index (χ4v) is 2.88. The molecule has 1 aliphatic carbocycles. The van der Waals surface area contributed by atoms with Crippen molar-refractivity contribution in [2.45, 2.75) is 31.7 Å². The third-order valence-corrected chi connectivity index (χ3v) is 4.07. The number of nitrogens with one attached hydrogen (secondary N) is 2. The molecule has 0 radical (unpaired) electrons. The first-order valence-electron chi connectivity index (χ1n) is 7.22. The van der Waals surface area contributed by atoms with Crippen LogP contribution in [0.3, 0.4) is 0 Å². The van der Waals surface area contributed by atoms with E-state index in [1.807, 2.05) is 10.9 Å². The highest BCUT2D eigenvalue weighted by Gasteiger charge is 2.18. The number of rotatable bonds is 3. The number of carbonyl (C=O) groups excluding carboxylic acids is 1. The van der Waals surface area contributed by atoms with Gasteiger partial charge in [0.25, 0.3) is 0 Å². The lowest BCUT2D eigenvalue weighted by molar-refractivity contribution is 0.262. The Kier molecular flexibility index (Phi) is 4.20. The summed E-state index contributed by atoms with van der Waals surface area (Å²) in [7, 11) is 0. The number of halogens is 1. The van der Waals surface area contributed by atoms with E-state index >= 15 is 0 Å². The van der Waals surface area contributed by atoms with Crippen LogP contribution in [0.15, 0.2) is 30.6 Å². The molecule has 0 saturated heterocycles. The van der Waals surface area contributed by atoms with Gasteiger partial charge in [-0.1, -0.05) is 24.4 Å². The minimum absolute atomic E-state index is 0.0498. The molecule has 2 aromatic rings. The minimum atomic E-state index is -0.404. The second-order valence-electron chi connectivity index (χ2n) is 5.39. The quantitative estimate of drug-likeness (QED) is 0.748. The van der Waals surface area contributed by atoms with Crippen molar-refractivity contribution >= 4 is 29.0 Å². The van der Waals surface area contributed by atoms with Crippen molar-refractivity contribution in [3.8, 4) is 5.75 Å². The lowest BCUT2D eigenvalue weighted by Gasteiger charge is -2.09. The number of aromatic hydroxyl groups is 1. The average Bonchev–Trinajstić information content (AvgIpc) is 3.12. The van der Waals surface area contributed by atoms with Gasteiger partial charge in [-0.25, -0.2) is 4.79 Å². The van der Waals surface area contributed by atoms with Crippen LogP contribution in [0.25, 0.3) is 0 Å². The molecule has 1 aromatic carbocycles. The Hall–Kier alpha value is -2.21. The molecule has 3 rings (SSSR count). The van der Waals surface area contributed by atoms with E-state index in [-0.39, 0.29) is 10.8 Å². The van der Waals surface area contributed by atoms with E-state index in [1.165, 1.54) is 25.0 Å². The minimum Gasteiger partial charge on any atom is -0.508 e. The maximum Gasteiger partial charge on any atom is 0.323 e. The van der Waals surface area contributed by atoms with Crippen LogP contribution >= 0.6 is 11.6 Å². The zero-order chi connectivity index (χ0) is 15.5. The molecule has 22 heavy (non-hydrogen) atoms. The summed E-state index contributed by atoms with van der Waals surface area (Å²) in [5.74, 6) is 0.0498. The monoisotopic (exact) mass is 320 g/mol. The van der Waals surface area contributed by atoms with Gasteiger partial charge in [-0.3, -0.25) is 4.68 Å². The van der Waals surface area contributed by atoms with Gasteiger partial charge < -0.3 is 15.7 Å². The molecule has 1 saturated carbocycles. The number of aromatic nitrogens is 2. The first-order valence-corrected chi connectivity index (χ1v) is 7.60. The number of hydrogen-bond acceptors (Lipinski definition) is 3. The second kappa shape index (κ2) is 6.27. The number of nitrogens with zero attached hydrogens (tertiary/aromatic N) is 2. The zero-order valence-corrected chi connectivity index (χ0v) is 12.7. The Labute approximate surface area is 133 Å². The van der Waals surface area contributed by atoms with Gasteiger partial charge >= 0.3 is 6.03 Å². The Morgan fingerprint density at radius 3 is 2.82 bits per heavy atom. The summed E-state index contributed by atoms with van der Waals surface area (Å²) < 4.78 is 1.91. The predicted molar refractivity (Wildman–Crippen MR) is 85.5 cm³/mol. The molecule has 6 nitrogen and oxygen atoms in total. The molecule has 0 spiro atoms. The SMILES string of the molecule is O=C(Nc1cnn(C2CCCC2)c1)Nc1ccc(O)cc1Cl. The van der Waals surface area contributed by atoms with Gasteiger partial charge in [-0.05, 0) is 25.0 Å². The number of anilines is 2. The summed E-state index contributed by atoms with van der Waals surface area (Å²) in [6, 6.07) is 4.40. The van der Waals surface area contributed by atoms with Crippen LogP contribution in [0.5, 0.6) is 5.75 Å². The molecule has 1 aromatic heterocycles. The molecule has 0 unspecified atom stereocenters. The Morgan fingerprint density at radius 2 is 2.09 bits per heavy atom. The van der Waals surface area contributed by atoms with Crippen molar-refractivity contribution in [1.29, 1.82) is 0 Å². The Morgan fingerprint density at radius 1 is 1.32 bits per heavy atom. The van der Waals surface area contributed by atoms with Crippen LogP contribution < -0.4 is 10.6 Å². The summed E-state index contributed by atoms with van der Waals surface area (Å²) in [6.45, 7) is 0. The fraction of sp³-hybridized carbons (Fsp3) is 0.333. The van der Waals surface area contributed by atoms with Crippen molar-refractivity contribution in [1.82, 2.24) is 9.78 Å². The molecule has 0 atom stereocenters. The van der Waals surface area contributed by atoms with Crippen molar-refractivity contribution < 1.29 is 9.90 Å². The number of carbonyl (C=O) groups is 1. The predicted octanol–water partition coefficient (Wildman–Crippen LogP) is 4.00. The van der Waals surface area contributed by atoms with Crippen LogP contribution in [0.2, 0.25) is 5.02 Å². The van der Waals surface area contributed by atoms with Crippen LogP contribution in [0.4, 0.5) is 16.2 Å². The Bertz CT molecular complexity index is 680. The number of hydrogen-bond donors (Lipinski definition) is 3. The number of benzene rings is 1. The molecule has 1 fully saturated rings. The average molecular weight is 321 g/mol. The summed E-state index contributed by atoms with van der Waals surface area (Å²) in [4.78, 5) is 12.0. The van der Waals surface area contributed by atoms with Crippen LogP contribution in [0, 0.1) is 0 Å². The standard InChI is InChI=1S/C15H17ClN4O2/c16-13-7-12(21)5-6-14(13)19-15(22)18-10-8-17-20(9-10)11-3-1-2-4-11/h5-9,11,21H,1-4H2,(H2,18,19,22). The van der Waals surface area contributed by atoms with Gasteiger partial charge in [0.2, 0.25) is 0 Å². The highest BCUT2D eigenvalue weighted by atomic mass is 35.5. The third kappa shape index (κ3) is 3.33. The van der Waals surface area contributed by atoms with Crippen LogP contribution in [0.1, 0.15) is 31.7 Å². The van der Waals surface area contributed by atoms with Gasteiger partial charge in [-0.15, -0.1) is 0 Å². The summed E-state index contributed by atoms with van der Waals surface area (Å²) >= 11 is 5.95. The lowest BCUT2D eigenvalue weighted by Crippen LogP contribution is -2.19. The van der Waals surface area contributed by atoms with E-state index in [4.69, 9.17) is 11.6 Å². The van der Waals surface area contributed by atoms with Crippen LogP contribution in [-0.2, 0) is 0 Å². The van der Waals surface area contributed by atoms with Gasteiger partial charge in [0.05, 0.1) is 28.6 Å². The number of urea groups is 1. The molecule has 0 aliphatic heterocycles. The summed E-state index contributed by atoms with van der Waals surface area (Å²) in [5, 5.41) is 19.2. The summed E-state index contributed by atoms with van der Waals surface area (Å²) in [5.41, 5.74) is 1.07. The van der Waals surface area contributed by atoms with Gasteiger partial charge in [0, 0.05) is 12.3 Å². The Balaban J connectivity index is 1.61. The third-order valence-electron chi connectivity index (χ3n) is 3.76. The molecule has 2 amide bonds. The zero-order valence-electron chi connectivity index (χ0n) is 11.9. The number of phenols is 1. The maximum absolute atomic E-state index is 12.0. The largest absolute Gasteiger partial charge is 0.508 e. The molecule has 7 heteroatoms. The maximum atomic E-state index is 12.0. The van der Waals surface area contributed by atoms with Crippen molar-refractivity contribution in [3.63, 3.8) is 0 Å². The van der Waals surface area contributed by atoms with E-state index in [0.717, 1.165) is 12.8 Å². The second-order valence-corrected chi connectivity index (χ2v) is 5.80. The van der Waals surface area contributed by atoms with E-state index in [0.29, 0.717) is 17.4 Å². The highest BCUT2D eigenvalue weighted by molar-refractivity contribution is 6.34. The van der Waals surface area contributed by atoms with Gasteiger partial charge in [0.15, 0.2) is 0 Å². The van der Waals surface area contributed by atoms with Gasteiger partial charge in [-0.2, -0.15) is 5.10 Å². The van der Waals surface area contributed by atoms with Crippen molar-refractivity contribution in [3.05, 3.63) is 35.6 Å². The fourth-order valence-electron chi connectivity index (χ4n) is 2.66. The van der Waals surface area contributed by atoms with E-state index in [2.05, 4.69) is 15.7 Å². The molecule has 0 bridgehead atoms. The molecule has 3 N–H and O–H groups in total. The van der Waals surface area contributed by atoms with Crippen molar-refractivity contribution in [2.75, 3.05) is 10.6 Å². The molecular weight excluding hydrogens is 304 g/mol.